The van der Waals surface area contributed by atoms with Gasteiger partial charge in [0.05, 0.1) is 18.8 Å². The molecule has 2 heterocycles. The molecule has 0 saturated carbocycles. The summed E-state index contributed by atoms with van der Waals surface area (Å²) < 4.78 is 32.2. The molecule has 1 fully saturated rings. The van der Waals surface area contributed by atoms with E-state index in [1.807, 2.05) is 48.6 Å². The Morgan fingerprint density at radius 3 is 2.17 bits per heavy atom. The number of aryl methyl sites for hydroxylation is 1. The molecular weight excluding hydrogens is 670 g/mol. The van der Waals surface area contributed by atoms with Gasteiger partial charge in [-0.25, -0.2) is 4.98 Å². The zero-order chi connectivity index (χ0) is 37.1. The third kappa shape index (κ3) is 9.74. The molecule has 3 aromatic carbocycles. The van der Waals surface area contributed by atoms with Crippen LogP contribution in [0.3, 0.4) is 0 Å². The van der Waals surface area contributed by atoms with E-state index in [0.29, 0.717) is 30.8 Å². The zero-order valence-corrected chi connectivity index (χ0v) is 28.9. The van der Waals surface area contributed by atoms with Gasteiger partial charge in [0.25, 0.3) is 11.5 Å². The number of anilines is 1. The van der Waals surface area contributed by atoms with Crippen molar-refractivity contribution in [2.24, 2.45) is 0 Å². The van der Waals surface area contributed by atoms with Crippen LogP contribution < -0.4 is 21.5 Å². The summed E-state index contributed by atoms with van der Waals surface area (Å²) in [5.74, 6) is -9.67. The van der Waals surface area contributed by atoms with Crippen molar-refractivity contribution in [1.29, 1.82) is 0 Å². The van der Waals surface area contributed by atoms with E-state index in [1.165, 1.54) is 11.1 Å². The smallest absolute Gasteiger partial charge is 0.375 e. The number of likely N-dealkylation sites (tertiary alicyclic amines) is 1. The molecule has 1 atom stereocenters. The zero-order valence-electron chi connectivity index (χ0n) is 28.9. The molecule has 1 saturated heterocycles. The van der Waals surface area contributed by atoms with Gasteiger partial charge in [0.2, 0.25) is 17.6 Å². The van der Waals surface area contributed by atoms with Crippen LogP contribution in [-0.2, 0) is 38.7 Å². The second-order valence-electron chi connectivity index (χ2n) is 12.8. The minimum Gasteiger partial charge on any atom is -0.375 e. The van der Waals surface area contributed by atoms with Crippen LogP contribution in [0.25, 0.3) is 11.4 Å². The number of hydrogen-bond acceptors (Lipinski definition) is 7. The number of benzene rings is 3. The van der Waals surface area contributed by atoms with Crippen LogP contribution in [-0.4, -0.2) is 69.6 Å². The van der Waals surface area contributed by atoms with Gasteiger partial charge in [0, 0.05) is 31.6 Å². The van der Waals surface area contributed by atoms with E-state index in [4.69, 9.17) is 0 Å². The highest BCUT2D eigenvalue weighted by Crippen LogP contribution is 2.21. The minimum atomic E-state index is -4.59. The van der Waals surface area contributed by atoms with Gasteiger partial charge in [-0.1, -0.05) is 97.3 Å². The molecule has 52 heavy (non-hydrogen) atoms. The summed E-state index contributed by atoms with van der Waals surface area (Å²) in [5, 5.41) is 7.34. The Hall–Kier alpha value is -5.72. The van der Waals surface area contributed by atoms with Gasteiger partial charge in [0.1, 0.15) is 18.1 Å². The molecule has 13 heteroatoms. The second-order valence-corrected chi connectivity index (χ2v) is 12.8. The molecule has 1 aliphatic rings. The monoisotopic (exact) mass is 712 g/mol. The van der Waals surface area contributed by atoms with Crippen molar-refractivity contribution >= 4 is 29.2 Å². The Morgan fingerprint density at radius 1 is 0.865 bits per heavy atom. The number of rotatable bonds is 14. The largest absolute Gasteiger partial charge is 0.383 e. The van der Waals surface area contributed by atoms with E-state index in [9.17, 15) is 24.0 Å². The lowest BCUT2D eigenvalue weighted by Crippen LogP contribution is -2.56. The second kappa shape index (κ2) is 17.5. The average molecular weight is 713 g/mol. The summed E-state index contributed by atoms with van der Waals surface area (Å²) in [6.45, 7) is 1.72. The first kappa shape index (κ1) is 37.5. The van der Waals surface area contributed by atoms with E-state index in [1.54, 1.807) is 48.5 Å². The van der Waals surface area contributed by atoms with Crippen molar-refractivity contribution in [3.05, 3.63) is 118 Å². The predicted octanol–water partition coefficient (Wildman–Crippen LogP) is 4.28. The number of halogens is 2. The molecule has 4 aromatic rings. The van der Waals surface area contributed by atoms with Gasteiger partial charge in [-0.05, 0) is 37.0 Å². The normalized spacial score (nSPS) is 13.8. The number of carbonyl (C=O) groups excluding carboxylic acids is 4. The molecule has 1 aromatic heterocycles. The number of hydrogen-bond donors (Lipinski definition) is 3. The van der Waals surface area contributed by atoms with E-state index >= 15 is 8.78 Å². The summed E-state index contributed by atoms with van der Waals surface area (Å²) in [5.41, 5.74) is 2.25. The molecule has 11 nitrogen and oxygen atoms in total. The Labute approximate surface area is 300 Å². The summed E-state index contributed by atoms with van der Waals surface area (Å²) in [6, 6.07) is 22.8. The third-order valence-corrected chi connectivity index (χ3v) is 8.84. The fourth-order valence-corrected chi connectivity index (χ4v) is 6.04. The molecule has 3 amide bonds. The maximum Gasteiger partial charge on any atom is 0.383 e. The quantitative estimate of drug-likeness (QED) is 0.166. The molecule has 272 valence electrons. The van der Waals surface area contributed by atoms with Crippen molar-refractivity contribution in [3.63, 3.8) is 0 Å². The standard InChI is InChI=1S/C39H42F2N6O5/c1-27-13-12-18-30(21-27)36-43-24-32(42-23-29-16-8-5-9-17-29)37(51)47(36)26-33(48)45-31(22-28-14-6-4-7-15-28)35(50)39(40,41)38(52)44-25-34(49)46-19-10-2-3-11-20-46/h4-9,12-18,21,24,31,42H,2-3,10-11,19-20,22-23,25-26H2,1H3,(H,44,52)(H,45,48). The third-order valence-electron chi connectivity index (χ3n) is 8.84. The molecule has 1 aliphatic heterocycles. The molecule has 5 rings (SSSR count). The van der Waals surface area contributed by atoms with Gasteiger partial charge in [0.15, 0.2) is 0 Å². The topological polar surface area (TPSA) is 142 Å². The first-order valence-electron chi connectivity index (χ1n) is 17.3. The summed E-state index contributed by atoms with van der Waals surface area (Å²) in [7, 11) is 0. The van der Waals surface area contributed by atoms with Gasteiger partial charge in [-0.2, -0.15) is 8.78 Å². The van der Waals surface area contributed by atoms with Crippen LogP contribution >= 0.6 is 0 Å². The first-order valence-corrected chi connectivity index (χ1v) is 17.3. The maximum atomic E-state index is 15.6. The Morgan fingerprint density at radius 2 is 1.52 bits per heavy atom. The fraction of sp³-hybridized carbons (Fsp3) is 0.333. The summed E-state index contributed by atoms with van der Waals surface area (Å²) in [4.78, 5) is 72.3. The molecule has 0 radical (unpaired) electrons. The van der Waals surface area contributed by atoms with Gasteiger partial charge >= 0.3 is 5.92 Å². The minimum absolute atomic E-state index is 0.0999. The first-order chi connectivity index (χ1) is 25.0. The molecule has 0 spiro atoms. The fourth-order valence-electron chi connectivity index (χ4n) is 6.04. The van der Waals surface area contributed by atoms with Crippen molar-refractivity contribution < 1.29 is 28.0 Å². The Balaban J connectivity index is 1.37. The predicted molar refractivity (Wildman–Crippen MR) is 193 cm³/mol. The van der Waals surface area contributed by atoms with Crippen LogP contribution in [0.5, 0.6) is 0 Å². The SMILES string of the molecule is Cc1cccc(-c2ncc(NCc3ccccc3)c(=O)n2CC(=O)NC(Cc2ccccc2)C(=O)C(F)(F)C(=O)NCC(=O)N2CCCCCC2)c1. The number of aromatic nitrogens is 2. The number of alkyl halides is 2. The van der Waals surface area contributed by atoms with Gasteiger partial charge in [-0.15, -0.1) is 0 Å². The number of carbonyl (C=O) groups is 4. The molecule has 1 unspecified atom stereocenters. The van der Waals surface area contributed by atoms with Crippen molar-refractivity contribution in [2.45, 2.75) is 64.1 Å². The van der Waals surface area contributed by atoms with Gasteiger partial charge < -0.3 is 20.9 Å². The summed E-state index contributed by atoms with van der Waals surface area (Å²) in [6.07, 6.45) is 4.46. The van der Waals surface area contributed by atoms with E-state index in [-0.39, 0.29) is 17.9 Å². The van der Waals surface area contributed by atoms with Crippen molar-refractivity contribution in [3.8, 4) is 11.4 Å². The highest BCUT2D eigenvalue weighted by Gasteiger charge is 2.50. The lowest BCUT2D eigenvalue weighted by atomic mass is 9.98. The van der Waals surface area contributed by atoms with Crippen LogP contribution in [0.2, 0.25) is 0 Å². The number of amides is 3. The number of Topliss-reactive ketones (excluding diaryl/α,β-unsaturated/α-hetero) is 1. The maximum absolute atomic E-state index is 15.6. The Kier molecular flexibility index (Phi) is 12.6. The van der Waals surface area contributed by atoms with E-state index in [2.05, 4.69) is 15.6 Å². The lowest BCUT2D eigenvalue weighted by Gasteiger charge is -2.24. The van der Waals surface area contributed by atoms with Crippen LogP contribution in [0.1, 0.15) is 42.4 Å². The molecular formula is C39H42F2N6O5. The van der Waals surface area contributed by atoms with Crippen molar-refractivity contribution in [2.75, 3.05) is 25.0 Å². The molecule has 0 aliphatic carbocycles. The van der Waals surface area contributed by atoms with Crippen molar-refractivity contribution in [1.82, 2.24) is 25.1 Å². The van der Waals surface area contributed by atoms with E-state index < -0.39 is 54.1 Å². The van der Waals surface area contributed by atoms with Gasteiger partial charge in [-0.3, -0.25) is 28.5 Å². The Bertz CT molecular complexity index is 1930. The average Bonchev–Trinajstić information content (AvgIpc) is 3.44. The summed E-state index contributed by atoms with van der Waals surface area (Å²) >= 11 is 0. The van der Waals surface area contributed by atoms with Crippen LogP contribution in [0.15, 0.2) is 95.9 Å². The number of nitrogens with zero attached hydrogens (tertiary/aromatic N) is 3. The number of nitrogens with one attached hydrogen (secondary N) is 3. The van der Waals surface area contributed by atoms with Crippen LogP contribution in [0.4, 0.5) is 14.5 Å². The number of ketones is 1. The lowest BCUT2D eigenvalue weighted by molar-refractivity contribution is -0.161. The van der Waals surface area contributed by atoms with Crippen LogP contribution in [0, 0.1) is 6.92 Å². The molecule has 0 bridgehead atoms. The molecule has 3 N–H and O–H groups in total. The van der Waals surface area contributed by atoms with E-state index in [0.717, 1.165) is 41.4 Å². The highest BCUT2D eigenvalue weighted by molar-refractivity contribution is 6.11. The highest BCUT2D eigenvalue weighted by atomic mass is 19.3.